The number of rotatable bonds is 4. The maximum Gasteiger partial charge on any atom is 0.237 e. The average Bonchev–Trinajstić information content (AvgIpc) is 2.86. The highest BCUT2D eigenvalue weighted by Crippen LogP contribution is 2.36. The zero-order valence-corrected chi connectivity index (χ0v) is 16.9. The first-order valence-electron chi connectivity index (χ1n) is 7.50. The largest absolute Gasteiger partial charge is 0.323 e. The molecule has 1 amide bonds. The molecule has 3 aromatic rings. The second kappa shape index (κ2) is 7.50. The topological polar surface area (TPSA) is 54.9 Å². The Morgan fingerprint density at radius 2 is 1.92 bits per heavy atom. The molecule has 0 bridgehead atoms. The van der Waals surface area contributed by atoms with Crippen LogP contribution in [0.3, 0.4) is 0 Å². The summed E-state index contributed by atoms with van der Waals surface area (Å²) < 4.78 is 0. The van der Waals surface area contributed by atoms with Gasteiger partial charge in [0.2, 0.25) is 5.91 Å². The number of carbonyl (C=O) groups excluding carboxylic acids is 1. The van der Waals surface area contributed by atoms with Gasteiger partial charge in [0.1, 0.15) is 16.2 Å². The Morgan fingerprint density at radius 3 is 2.60 bits per heavy atom. The third-order valence-electron chi connectivity index (χ3n) is 3.80. The molecular weight excluding hydrogens is 397 g/mol. The quantitative estimate of drug-likeness (QED) is 0.439. The van der Waals surface area contributed by atoms with Crippen molar-refractivity contribution >= 4 is 68.1 Å². The molecule has 2 aromatic heterocycles. The molecule has 8 heteroatoms. The predicted octanol–water partition coefficient (Wildman–Crippen LogP) is 5.73. The summed E-state index contributed by atoms with van der Waals surface area (Å²) in [6, 6.07) is 5.11. The molecule has 0 aliphatic heterocycles. The van der Waals surface area contributed by atoms with Gasteiger partial charge in [0.25, 0.3) is 0 Å². The number of para-hydroxylation sites is 1. The summed E-state index contributed by atoms with van der Waals surface area (Å²) in [5, 5.41) is 5.07. The minimum atomic E-state index is -0.370. The monoisotopic (exact) mass is 411 g/mol. The summed E-state index contributed by atoms with van der Waals surface area (Å²) in [5.74, 6) is -0.184. The second-order valence-corrected chi connectivity index (χ2v) is 8.84. The van der Waals surface area contributed by atoms with Gasteiger partial charge in [-0.1, -0.05) is 41.0 Å². The van der Waals surface area contributed by atoms with E-state index in [1.807, 2.05) is 6.92 Å². The molecule has 0 radical (unpaired) electrons. The van der Waals surface area contributed by atoms with E-state index in [0.29, 0.717) is 15.7 Å². The van der Waals surface area contributed by atoms with E-state index in [1.165, 1.54) is 23.0 Å². The number of thioether (sulfide) groups is 1. The van der Waals surface area contributed by atoms with Crippen molar-refractivity contribution in [3.63, 3.8) is 0 Å². The summed E-state index contributed by atoms with van der Waals surface area (Å²) in [6.45, 7) is 5.94. The maximum absolute atomic E-state index is 12.6. The van der Waals surface area contributed by atoms with Gasteiger partial charge in [0.15, 0.2) is 0 Å². The summed E-state index contributed by atoms with van der Waals surface area (Å²) in [5.41, 5.74) is 1.59. The number of fused-ring (bicyclic) bond motifs is 1. The fourth-order valence-corrected chi connectivity index (χ4v) is 4.83. The lowest BCUT2D eigenvalue weighted by Gasteiger charge is -2.14. The van der Waals surface area contributed by atoms with Crippen LogP contribution < -0.4 is 5.32 Å². The summed E-state index contributed by atoms with van der Waals surface area (Å²) in [6.07, 6.45) is 1.54. The summed E-state index contributed by atoms with van der Waals surface area (Å²) in [7, 11) is 0. The highest BCUT2D eigenvalue weighted by molar-refractivity contribution is 8.00. The fraction of sp³-hybridized carbons (Fsp3) is 0.235. The molecular formula is C17H15Cl2N3OS2. The maximum atomic E-state index is 12.6. The molecule has 0 saturated carbocycles. The lowest BCUT2D eigenvalue weighted by atomic mass is 10.2. The van der Waals surface area contributed by atoms with Gasteiger partial charge in [-0.2, -0.15) is 0 Å². The molecule has 3 rings (SSSR count). The van der Waals surface area contributed by atoms with Crippen LogP contribution in [0.2, 0.25) is 10.0 Å². The number of aryl methyl sites for hydroxylation is 2. The van der Waals surface area contributed by atoms with E-state index in [1.54, 1.807) is 29.5 Å². The van der Waals surface area contributed by atoms with Gasteiger partial charge in [-0.3, -0.25) is 4.79 Å². The van der Waals surface area contributed by atoms with E-state index in [0.717, 1.165) is 20.8 Å². The number of nitrogens with zero attached hydrogens (tertiary/aromatic N) is 2. The van der Waals surface area contributed by atoms with Gasteiger partial charge in [-0.15, -0.1) is 11.3 Å². The van der Waals surface area contributed by atoms with Gasteiger partial charge in [0, 0.05) is 10.3 Å². The Labute approximate surface area is 164 Å². The van der Waals surface area contributed by atoms with Crippen molar-refractivity contribution in [1.29, 1.82) is 0 Å². The number of anilines is 1. The van der Waals surface area contributed by atoms with Gasteiger partial charge >= 0.3 is 0 Å². The third kappa shape index (κ3) is 3.77. The molecule has 0 unspecified atom stereocenters. The van der Waals surface area contributed by atoms with Crippen molar-refractivity contribution in [3.8, 4) is 0 Å². The fourth-order valence-electron chi connectivity index (χ4n) is 2.30. The minimum absolute atomic E-state index is 0.184. The van der Waals surface area contributed by atoms with Crippen LogP contribution in [0.25, 0.3) is 10.2 Å². The van der Waals surface area contributed by atoms with Crippen molar-refractivity contribution in [1.82, 2.24) is 9.97 Å². The van der Waals surface area contributed by atoms with E-state index in [2.05, 4.69) is 29.1 Å². The predicted molar refractivity (Wildman–Crippen MR) is 107 cm³/mol. The number of hydrogen-bond acceptors (Lipinski definition) is 5. The standard InChI is InChI=1S/C17H15Cl2N3OS2/c1-8-9(2)24-16-13(8)17(21-7-20-16)25-10(3)15(23)22-14-11(18)5-4-6-12(14)19/h4-7,10H,1-3H3,(H,22,23)/t10-/m0/s1. The molecule has 25 heavy (non-hydrogen) atoms. The highest BCUT2D eigenvalue weighted by atomic mass is 35.5. The first-order chi connectivity index (χ1) is 11.9. The number of halogens is 2. The zero-order chi connectivity index (χ0) is 18.1. The summed E-state index contributed by atoms with van der Waals surface area (Å²) >= 11 is 15.3. The van der Waals surface area contributed by atoms with Crippen molar-refractivity contribution in [2.75, 3.05) is 5.32 Å². The van der Waals surface area contributed by atoms with E-state index in [4.69, 9.17) is 23.2 Å². The van der Waals surface area contributed by atoms with Crippen molar-refractivity contribution in [3.05, 3.63) is 45.0 Å². The molecule has 0 spiro atoms. The Morgan fingerprint density at radius 1 is 1.24 bits per heavy atom. The number of benzene rings is 1. The number of thiophene rings is 1. The molecule has 1 N–H and O–H groups in total. The smallest absolute Gasteiger partial charge is 0.237 e. The first-order valence-corrected chi connectivity index (χ1v) is 9.96. The Balaban J connectivity index is 1.83. The molecule has 1 aromatic carbocycles. The van der Waals surface area contributed by atoms with Crippen LogP contribution in [0.15, 0.2) is 29.6 Å². The third-order valence-corrected chi connectivity index (χ3v) is 6.64. The molecule has 0 aliphatic carbocycles. The number of carbonyl (C=O) groups is 1. The van der Waals surface area contributed by atoms with Gasteiger partial charge in [-0.05, 0) is 38.5 Å². The molecule has 0 saturated heterocycles. The SMILES string of the molecule is Cc1sc2ncnc(S[C@@H](C)C(=O)Nc3c(Cl)cccc3Cl)c2c1C. The van der Waals surface area contributed by atoms with Gasteiger partial charge in [0.05, 0.1) is 21.0 Å². The van der Waals surface area contributed by atoms with Crippen molar-refractivity contribution in [2.45, 2.75) is 31.0 Å². The van der Waals surface area contributed by atoms with Crippen LogP contribution in [0, 0.1) is 13.8 Å². The van der Waals surface area contributed by atoms with Crippen LogP contribution in [-0.4, -0.2) is 21.1 Å². The van der Waals surface area contributed by atoms with Gasteiger partial charge < -0.3 is 5.32 Å². The van der Waals surface area contributed by atoms with Crippen LogP contribution >= 0.6 is 46.3 Å². The Kier molecular flexibility index (Phi) is 5.53. The lowest BCUT2D eigenvalue weighted by molar-refractivity contribution is -0.115. The van der Waals surface area contributed by atoms with Crippen LogP contribution in [0.4, 0.5) is 5.69 Å². The highest BCUT2D eigenvalue weighted by Gasteiger charge is 2.20. The zero-order valence-electron chi connectivity index (χ0n) is 13.8. The van der Waals surface area contributed by atoms with E-state index >= 15 is 0 Å². The molecule has 4 nitrogen and oxygen atoms in total. The van der Waals surface area contributed by atoms with Crippen LogP contribution in [-0.2, 0) is 4.79 Å². The molecule has 0 aliphatic rings. The number of amides is 1. The number of nitrogens with one attached hydrogen (secondary N) is 1. The van der Waals surface area contributed by atoms with Crippen molar-refractivity contribution in [2.24, 2.45) is 0 Å². The lowest BCUT2D eigenvalue weighted by Crippen LogP contribution is -2.23. The minimum Gasteiger partial charge on any atom is -0.323 e. The van der Waals surface area contributed by atoms with Crippen LogP contribution in [0.1, 0.15) is 17.4 Å². The van der Waals surface area contributed by atoms with Crippen molar-refractivity contribution < 1.29 is 4.79 Å². The number of hydrogen-bond donors (Lipinski definition) is 1. The molecule has 130 valence electrons. The average molecular weight is 412 g/mol. The summed E-state index contributed by atoms with van der Waals surface area (Å²) in [4.78, 5) is 23.4. The van der Waals surface area contributed by atoms with Crippen LogP contribution in [0.5, 0.6) is 0 Å². The molecule has 1 atom stereocenters. The van der Waals surface area contributed by atoms with E-state index in [9.17, 15) is 4.79 Å². The normalized spacial score (nSPS) is 12.4. The van der Waals surface area contributed by atoms with Gasteiger partial charge in [-0.25, -0.2) is 9.97 Å². The van der Waals surface area contributed by atoms with E-state index < -0.39 is 0 Å². The second-order valence-electron chi connectivity index (χ2n) is 5.49. The molecule has 2 heterocycles. The first kappa shape index (κ1) is 18.5. The van der Waals surface area contributed by atoms with E-state index in [-0.39, 0.29) is 11.2 Å². The Hall–Kier alpha value is -1.34. The Bertz CT molecular complexity index is 938. The number of aromatic nitrogens is 2. The molecule has 0 fully saturated rings.